The summed E-state index contributed by atoms with van der Waals surface area (Å²) in [6, 6.07) is 6.35. The minimum Gasteiger partial charge on any atom is -0.547 e. The molecule has 0 spiro atoms. The van der Waals surface area contributed by atoms with Crippen LogP contribution in [0.4, 0.5) is 0 Å². The fourth-order valence-electron chi connectivity index (χ4n) is 0.781. The van der Waals surface area contributed by atoms with Crippen molar-refractivity contribution in [1.82, 2.24) is 0 Å². The minimum absolute atomic E-state index is 0.318. The van der Waals surface area contributed by atoms with Gasteiger partial charge in [0, 0.05) is 4.47 Å². The second-order valence-corrected chi connectivity index (χ2v) is 3.19. The maximum absolute atomic E-state index is 10.2. The van der Waals surface area contributed by atoms with Crippen LogP contribution in [0, 0.1) is 0 Å². The second-order valence-electron chi connectivity index (χ2n) is 2.27. The summed E-state index contributed by atoms with van der Waals surface area (Å²) in [4.78, 5) is 10.2. The van der Waals surface area contributed by atoms with Crippen LogP contribution in [0.5, 0.6) is 0 Å². The molecule has 0 saturated heterocycles. The molecule has 0 aliphatic rings. The fourth-order valence-corrected chi connectivity index (χ4v) is 1.05. The maximum Gasteiger partial charge on any atom is 0.118 e. The Balaban J connectivity index is 2.89. The summed E-state index contributed by atoms with van der Waals surface area (Å²) in [5.41, 5.74) is 0.318. The zero-order chi connectivity index (χ0) is 9.14. The smallest absolute Gasteiger partial charge is 0.118 e. The SMILES string of the molecule is O=C([O-])C(O)c1ccc(Br)cc1. The first kappa shape index (κ1) is 9.22. The molecule has 0 saturated carbocycles. The number of rotatable bonds is 2. The van der Waals surface area contributed by atoms with Crippen LogP contribution in [0.1, 0.15) is 11.7 Å². The van der Waals surface area contributed by atoms with Crippen LogP contribution in [0.25, 0.3) is 0 Å². The van der Waals surface area contributed by atoms with E-state index in [1.165, 1.54) is 12.1 Å². The Morgan fingerprint density at radius 2 is 1.92 bits per heavy atom. The van der Waals surface area contributed by atoms with Crippen LogP contribution < -0.4 is 5.11 Å². The summed E-state index contributed by atoms with van der Waals surface area (Å²) in [6.45, 7) is 0. The van der Waals surface area contributed by atoms with Crippen molar-refractivity contribution in [3.63, 3.8) is 0 Å². The normalized spacial score (nSPS) is 12.5. The van der Waals surface area contributed by atoms with Gasteiger partial charge in [0.25, 0.3) is 0 Å². The monoisotopic (exact) mass is 229 g/mol. The van der Waals surface area contributed by atoms with Crippen LogP contribution in [-0.4, -0.2) is 11.1 Å². The van der Waals surface area contributed by atoms with Crippen molar-refractivity contribution in [2.45, 2.75) is 6.10 Å². The molecule has 64 valence electrons. The van der Waals surface area contributed by atoms with E-state index >= 15 is 0 Å². The van der Waals surface area contributed by atoms with Crippen molar-refractivity contribution in [3.8, 4) is 0 Å². The number of aliphatic carboxylic acids is 1. The third-order valence-corrected chi connectivity index (χ3v) is 1.94. The first-order valence-electron chi connectivity index (χ1n) is 3.25. The van der Waals surface area contributed by atoms with Crippen molar-refractivity contribution < 1.29 is 15.0 Å². The van der Waals surface area contributed by atoms with E-state index in [0.717, 1.165) is 4.47 Å². The van der Waals surface area contributed by atoms with Gasteiger partial charge in [0.05, 0.1) is 5.97 Å². The summed E-state index contributed by atoms with van der Waals surface area (Å²) < 4.78 is 0.830. The molecular formula is C8H6BrO3-. The van der Waals surface area contributed by atoms with Gasteiger partial charge in [0.15, 0.2) is 0 Å². The molecule has 0 fully saturated rings. The molecule has 4 heteroatoms. The van der Waals surface area contributed by atoms with Crippen molar-refractivity contribution in [2.75, 3.05) is 0 Å². The van der Waals surface area contributed by atoms with Crippen molar-refractivity contribution >= 4 is 21.9 Å². The number of benzene rings is 1. The average molecular weight is 230 g/mol. The van der Waals surface area contributed by atoms with Crippen molar-refractivity contribution in [3.05, 3.63) is 34.3 Å². The Labute approximate surface area is 77.8 Å². The van der Waals surface area contributed by atoms with Gasteiger partial charge in [-0.2, -0.15) is 0 Å². The highest BCUT2D eigenvalue weighted by Crippen LogP contribution is 2.15. The van der Waals surface area contributed by atoms with Crippen LogP contribution in [0.2, 0.25) is 0 Å². The molecule has 0 amide bonds. The zero-order valence-corrected chi connectivity index (χ0v) is 7.61. The largest absolute Gasteiger partial charge is 0.547 e. The summed E-state index contributed by atoms with van der Waals surface area (Å²) in [5.74, 6) is -1.49. The predicted octanol–water partition coefficient (Wildman–Crippen LogP) is 0.232. The van der Waals surface area contributed by atoms with Gasteiger partial charge in [-0.15, -0.1) is 0 Å². The number of carboxylic acid groups (broad SMARTS) is 1. The summed E-state index contributed by atoms with van der Waals surface area (Å²) in [7, 11) is 0. The van der Waals surface area contributed by atoms with E-state index < -0.39 is 12.1 Å². The van der Waals surface area contributed by atoms with E-state index in [1.807, 2.05) is 0 Å². The van der Waals surface area contributed by atoms with Gasteiger partial charge in [-0.05, 0) is 17.7 Å². The van der Waals surface area contributed by atoms with Crippen LogP contribution in [-0.2, 0) is 4.79 Å². The molecule has 1 rings (SSSR count). The van der Waals surface area contributed by atoms with Gasteiger partial charge in [0.1, 0.15) is 6.10 Å². The molecular weight excluding hydrogens is 224 g/mol. The molecule has 1 N–H and O–H groups in total. The van der Waals surface area contributed by atoms with Gasteiger partial charge in [-0.3, -0.25) is 0 Å². The molecule has 0 aromatic heterocycles. The number of aliphatic hydroxyl groups excluding tert-OH is 1. The number of hydrogen-bond acceptors (Lipinski definition) is 3. The lowest BCUT2D eigenvalue weighted by atomic mass is 10.1. The van der Waals surface area contributed by atoms with E-state index in [0.29, 0.717) is 5.56 Å². The molecule has 3 nitrogen and oxygen atoms in total. The van der Waals surface area contributed by atoms with Crippen LogP contribution >= 0.6 is 15.9 Å². The van der Waals surface area contributed by atoms with E-state index in [-0.39, 0.29) is 0 Å². The number of hydrogen-bond donors (Lipinski definition) is 1. The number of aliphatic hydroxyl groups is 1. The molecule has 1 atom stereocenters. The molecule has 0 aliphatic carbocycles. The fraction of sp³-hybridized carbons (Fsp3) is 0.125. The Kier molecular flexibility index (Phi) is 2.83. The summed E-state index contributed by atoms with van der Waals surface area (Å²) in [5, 5.41) is 19.2. The Morgan fingerprint density at radius 3 is 2.33 bits per heavy atom. The highest BCUT2D eigenvalue weighted by Gasteiger charge is 2.06. The van der Waals surface area contributed by atoms with Gasteiger partial charge in [0.2, 0.25) is 0 Å². The first-order valence-corrected chi connectivity index (χ1v) is 4.05. The third kappa shape index (κ3) is 2.06. The Hall–Kier alpha value is -0.870. The molecule has 1 aromatic rings. The highest BCUT2D eigenvalue weighted by atomic mass is 79.9. The van der Waals surface area contributed by atoms with E-state index in [1.54, 1.807) is 12.1 Å². The van der Waals surface area contributed by atoms with Gasteiger partial charge in [-0.25, -0.2) is 0 Å². The molecule has 1 unspecified atom stereocenters. The Morgan fingerprint density at radius 1 is 1.42 bits per heavy atom. The molecule has 12 heavy (non-hydrogen) atoms. The zero-order valence-electron chi connectivity index (χ0n) is 6.03. The van der Waals surface area contributed by atoms with E-state index in [9.17, 15) is 9.90 Å². The average Bonchev–Trinajstić information content (AvgIpc) is 2.04. The highest BCUT2D eigenvalue weighted by molar-refractivity contribution is 9.10. The lowest BCUT2D eigenvalue weighted by molar-refractivity contribution is -0.315. The van der Waals surface area contributed by atoms with Gasteiger partial charge >= 0.3 is 0 Å². The predicted molar refractivity (Wildman–Crippen MR) is 44.1 cm³/mol. The molecule has 0 heterocycles. The number of carbonyl (C=O) groups excluding carboxylic acids is 1. The van der Waals surface area contributed by atoms with Crippen LogP contribution in [0.15, 0.2) is 28.7 Å². The van der Waals surface area contributed by atoms with Crippen molar-refractivity contribution in [1.29, 1.82) is 0 Å². The van der Waals surface area contributed by atoms with E-state index in [4.69, 9.17) is 5.11 Å². The molecule has 1 aromatic carbocycles. The molecule has 0 bridgehead atoms. The molecule has 0 radical (unpaired) electrons. The number of carboxylic acids is 1. The number of carbonyl (C=O) groups is 1. The lowest BCUT2D eigenvalue weighted by Crippen LogP contribution is -2.29. The second kappa shape index (κ2) is 3.69. The maximum atomic E-state index is 10.2. The Bertz CT molecular complexity index is 281. The lowest BCUT2D eigenvalue weighted by Gasteiger charge is -2.11. The standard InChI is InChI=1S/C8H7BrO3/c9-6-3-1-5(2-4-6)7(10)8(11)12/h1-4,7,10H,(H,11,12)/p-1. The number of halogens is 1. The van der Waals surface area contributed by atoms with Crippen molar-refractivity contribution in [2.24, 2.45) is 0 Å². The summed E-state index contributed by atoms with van der Waals surface area (Å²) >= 11 is 3.19. The topological polar surface area (TPSA) is 60.4 Å². The molecule has 0 aliphatic heterocycles. The summed E-state index contributed by atoms with van der Waals surface area (Å²) in [6.07, 6.45) is -1.54. The van der Waals surface area contributed by atoms with Crippen LogP contribution in [0.3, 0.4) is 0 Å². The van der Waals surface area contributed by atoms with Gasteiger partial charge < -0.3 is 15.0 Å². The quantitative estimate of drug-likeness (QED) is 0.791. The first-order chi connectivity index (χ1) is 5.61. The van der Waals surface area contributed by atoms with Gasteiger partial charge in [-0.1, -0.05) is 28.1 Å². The minimum atomic E-state index is -1.54. The third-order valence-electron chi connectivity index (χ3n) is 1.41. The van der Waals surface area contributed by atoms with E-state index in [2.05, 4.69) is 15.9 Å².